The van der Waals surface area contributed by atoms with Gasteiger partial charge < -0.3 is 14.9 Å². The summed E-state index contributed by atoms with van der Waals surface area (Å²) in [6.07, 6.45) is 5.10. The lowest BCUT2D eigenvalue weighted by Crippen LogP contribution is -2.45. The van der Waals surface area contributed by atoms with Gasteiger partial charge in [0.25, 0.3) is 0 Å². The van der Waals surface area contributed by atoms with Crippen LogP contribution in [0.25, 0.3) is 0 Å². The Balaban J connectivity index is 1.51. The molecule has 1 heterocycles. The normalized spacial score (nSPS) is 20.5. The molecule has 2 fully saturated rings. The number of carbonyl (C=O) groups excluding carboxylic acids is 2. The van der Waals surface area contributed by atoms with Crippen LogP contribution in [0.1, 0.15) is 44.9 Å². The molecule has 1 saturated heterocycles. The number of aliphatic hydroxyl groups is 1. The number of piperidine rings is 1. The maximum atomic E-state index is 12.7. The molecule has 3 rings (SSSR count). The SMILES string of the molecule is CN(C(=O)C1CCN(C(=O)CC2(O)CCCC2)CC1)c1ccccc1. The van der Waals surface area contributed by atoms with E-state index in [9.17, 15) is 14.7 Å². The lowest BCUT2D eigenvalue weighted by molar-refractivity contribution is -0.139. The van der Waals surface area contributed by atoms with Crippen LogP contribution in [0.15, 0.2) is 30.3 Å². The molecule has 5 nitrogen and oxygen atoms in total. The van der Waals surface area contributed by atoms with E-state index in [0.29, 0.717) is 25.9 Å². The fraction of sp³-hybridized carbons (Fsp3) is 0.600. The molecule has 0 unspecified atom stereocenters. The Morgan fingerprint density at radius 1 is 1.16 bits per heavy atom. The zero-order valence-corrected chi connectivity index (χ0v) is 15.0. The quantitative estimate of drug-likeness (QED) is 0.913. The van der Waals surface area contributed by atoms with Gasteiger partial charge in [-0.25, -0.2) is 0 Å². The minimum atomic E-state index is -0.794. The highest BCUT2D eigenvalue weighted by atomic mass is 16.3. The number of nitrogens with zero attached hydrogens (tertiary/aromatic N) is 2. The Labute approximate surface area is 149 Å². The first-order valence-electron chi connectivity index (χ1n) is 9.31. The lowest BCUT2D eigenvalue weighted by Gasteiger charge is -2.34. The second-order valence-corrected chi connectivity index (χ2v) is 7.50. The summed E-state index contributed by atoms with van der Waals surface area (Å²) in [5.74, 6) is 0.114. The predicted molar refractivity (Wildman–Crippen MR) is 97.2 cm³/mol. The molecule has 0 spiro atoms. The smallest absolute Gasteiger partial charge is 0.229 e. The summed E-state index contributed by atoms with van der Waals surface area (Å²) < 4.78 is 0. The number of benzene rings is 1. The highest BCUT2D eigenvalue weighted by Crippen LogP contribution is 2.33. The van der Waals surface area contributed by atoms with Crippen LogP contribution < -0.4 is 4.90 Å². The van der Waals surface area contributed by atoms with Crippen molar-refractivity contribution < 1.29 is 14.7 Å². The van der Waals surface area contributed by atoms with Gasteiger partial charge in [-0.3, -0.25) is 9.59 Å². The number of rotatable bonds is 4. The molecule has 1 aliphatic carbocycles. The van der Waals surface area contributed by atoms with Gasteiger partial charge in [-0.1, -0.05) is 31.0 Å². The van der Waals surface area contributed by atoms with Crippen molar-refractivity contribution in [1.29, 1.82) is 0 Å². The van der Waals surface area contributed by atoms with E-state index < -0.39 is 5.60 Å². The molecule has 2 amide bonds. The van der Waals surface area contributed by atoms with E-state index in [1.54, 1.807) is 4.90 Å². The van der Waals surface area contributed by atoms with Gasteiger partial charge in [-0.05, 0) is 37.8 Å². The molecule has 25 heavy (non-hydrogen) atoms. The first-order valence-corrected chi connectivity index (χ1v) is 9.31. The standard InChI is InChI=1S/C20H28N2O3/c1-21(17-7-3-2-4-8-17)19(24)16-9-13-22(14-10-16)18(23)15-20(25)11-5-6-12-20/h2-4,7-8,16,25H,5-6,9-15H2,1H3. The molecule has 1 aromatic rings. The van der Waals surface area contributed by atoms with Gasteiger partial charge in [0.1, 0.15) is 0 Å². The third-order valence-corrected chi connectivity index (χ3v) is 5.69. The minimum Gasteiger partial charge on any atom is -0.389 e. The number of hydrogen-bond acceptors (Lipinski definition) is 3. The molecular weight excluding hydrogens is 316 g/mol. The van der Waals surface area contributed by atoms with E-state index in [1.807, 2.05) is 42.3 Å². The van der Waals surface area contributed by atoms with Crippen LogP contribution in [0.3, 0.4) is 0 Å². The molecule has 0 radical (unpaired) electrons. The Hall–Kier alpha value is -1.88. The lowest BCUT2D eigenvalue weighted by atomic mass is 9.93. The van der Waals surface area contributed by atoms with Gasteiger partial charge in [0.15, 0.2) is 0 Å². The van der Waals surface area contributed by atoms with E-state index in [0.717, 1.165) is 31.4 Å². The van der Waals surface area contributed by atoms with Crippen molar-refractivity contribution >= 4 is 17.5 Å². The van der Waals surface area contributed by atoms with Crippen LogP contribution in [-0.4, -0.2) is 47.6 Å². The van der Waals surface area contributed by atoms with Crippen molar-refractivity contribution in [2.24, 2.45) is 5.92 Å². The number of amides is 2. The third-order valence-electron chi connectivity index (χ3n) is 5.69. The monoisotopic (exact) mass is 344 g/mol. The van der Waals surface area contributed by atoms with Gasteiger partial charge in [0.05, 0.1) is 12.0 Å². The summed E-state index contributed by atoms with van der Waals surface area (Å²) in [6.45, 7) is 1.21. The van der Waals surface area contributed by atoms with E-state index >= 15 is 0 Å². The van der Waals surface area contributed by atoms with Gasteiger partial charge >= 0.3 is 0 Å². The van der Waals surface area contributed by atoms with Gasteiger partial charge in [-0.15, -0.1) is 0 Å². The van der Waals surface area contributed by atoms with Crippen molar-refractivity contribution in [1.82, 2.24) is 4.90 Å². The summed E-state index contributed by atoms with van der Waals surface area (Å²) in [5, 5.41) is 10.4. The molecule has 1 N–H and O–H groups in total. The number of carbonyl (C=O) groups is 2. The first kappa shape index (κ1) is 17.9. The van der Waals surface area contributed by atoms with Crippen molar-refractivity contribution in [3.63, 3.8) is 0 Å². The van der Waals surface area contributed by atoms with Crippen LogP contribution in [-0.2, 0) is 9.59 Å². The summed E-state index contributed by atoms with van der Waals surface area (Å²) >= 11 is 0. The maximum absolute atomic E-state index is 12.7. The van der Waals surface area contributed by atoms with Crippen molar-refractivity contribution in [3.05, 3.63) is 30.3 Å². The fourth-order valence-corrected chi connectivity index (χ4v) is 4.03. The van der Waals surface area contributed by atoms with Gasteiger partial charge in [0, 0.05) is 31.7 Å². The van der Waals surface area contributed by atoms with Crippen LogP contribution >= 0.6 is 0 Å². The Morgan fingerprint density at radius 3 is 2.36 bits per heavy atom. The zero-order valence-electron chi connectivity index (χ0n) is 15.0. The highest BCUT2D eigenvalue weighted by molar-refractivity contribution is 5.94. The molecule has 0 atom stereocenters. The van der Waals surface area contributed by atoms with Crippen LogP contribution in [0.2, 0.25) is 0 Å². The highest BCUT2D eigenvalue weighted by Gasteiger charge is 2.36. The van der Waals surface area contributed by atoms with E-state index in [-0.39, 0.29) is 24.2 Å². The van der Waals surface area contributed by atoms with Crippen LogP contribution in [0.4, 0.5) is 5.69 Å². The number of hydrogen-bond donors (Lipinski definition) is 1. The summed E-state index contributed by atoms with van der Waals surface area (Å²) in [4.78, 5) is 28.7. The summed E-state index contributed by atoms with van der Waals surface area (Å²) in [6, 6.07) is 9.64. The van der Waals surface area contributed by atoms with E-state index in [1.165, 1.54) is 0 Å². The van der Waals surface area contributed by atoms with Crippen LogP contribution in [0.5, 0.6) is 0 Å². The average molecular weight is 344 g/mol. The molecule has 1 saturated carbocycles. The summed E-state index contributed by atoms with van der Waals surface area (Å²) in [7, 11) is 1.81. The Bertz CT molecular complexity index is 603. The van der Waals surface area contributed by atoms with E-state index in [2.05, 4.69) is 0 Å². The van der Waals surface area contributed by atoms with E-state index in [4.69, 9.17) is 0 Å². The van der Waals surface area contributed by atoms with Crippen molar-refractivity contribution in [2.45, 2.75) is 50.5 Å². The maximum Gasteiger partial charge on any atom is 0.229 e. The van der Waals surface area contributed by atoms with Gasteiger partial charge in [0.2, 0.25) is 11.8 Å². The topological polar surface area (TPSA) is 60.9 Å². The molecule has 5 heteroatoms. The number of para-hydroxylation sites is 1. The summed E-state index contributed by atoms with van der Waals surface area (Å²) in [5.41, 5.74) is 0.103. The third kappa shape index (κ3) is 4.21. The molecule has 1 aromatic carbocycles. The Kier molecular flexibility index (Phi) is 5.42. The average Bonchev–Trinajstić information content (AvgIpc) is 3.07. The molecule has 136 valence electrons. The van der Waals surface area contributed by atoms with Crippen molar-refractivity contribution in [2.75, 3.05) is 25.0 Å². The minimum absolute atomic E-state index is 0.0340. The molecular formula is C20H28N2O3. The second kappa shape index (κ2) is 7.56. The first-order chi connectivity index (χ1) is 12.0. The molecule has 1 aliphatic heterocycles. The Morgan fingerprint density at radius 2 is 1.76 bits per heavy atom. The molecule has 0 bridgehead atoms. The number of likely N-dealkylation sites (tertiary alicyclic amines) is 1. The molecule has 0 aromatic heterocycles. The number of anilines is 1. The molecule has 2 aliphatic rings. The van der Waals surface area contributed by atoms with Gasteiger partial charge in [-0.2, -0.15) is 0 Å². The second-order valence-electron chi connectivity index (χ2n) is 7.50. The largest absolute Gasteiger partial charge is 0.389 e. The van der Waals surface area contributed by atoms with Crippen LogP contribution in [0, 0.1) is 5.92 Å². The zero-order chi connectivity index (χ0) is 17.9. The van der Waals surface area contributed by atoms with Crippen molar-refractivity contribution in [3.8, 4) is 0 Å². The predicted octanol–water partition coefficient (Wildman–Crippen LogP) is 2.58. The fourth-order valence-electron chi connectivity index (χ4n) is 4.03.